The van der Waals surface area contributed by atoms with E-state index in [0.717, 1.165) is 13.0 Å². The Labute approximate surface area is 105 Å². The van der Waals surface area contributed by atoms with Crippen molar-refractivity contribution in [3.63, 3.8) is 0 Å². The van der Waals surface area contributed by atoms with Crippen molar-refractivity contribution in [2.24, 2.45) is 0 Å². The first kappa shape index (κ1) is 14.5. The Morgan fingerprint density at radius 2 is 1.94 bits per heavy atom. The zero-order chi connectivity index (χ0) is 12.8. The maximum Gasteiger partial charge on any atom is 0.236 e. The van der Waals surface area contributed by atoms with E-state index in [2.05, 4.69) is 29.4 Å². The first-order valence-electron chi connectivity index (χ1n) is 6.76. The summed E-state index contributed by atoms with van der Waals surface area (Å²) in [6, 6.07) is 1.02. The molecule has 0 bridgehead atoms. The van der Waals surface area contributed by atoms with E-state index in [4.69, 9.17) is 0 Å². The Kier molecular flexibility index (Phi) is 5.92. The average molecular weight is 241 g/mol. The number of likely N-dealkylation sites (tertiary alicyclic amines) is 1. The Bertz CT molecular complexity index is 243. The summed E-state index contributed by atoms with van der Waals surface area (Å²) in [5.41, 5.74) is 0. The van der Waals surface area contributed by atoms with Crippen LogP contribution in [0.1, 0.15) is 40.0 Å². The number of carbonyl (C=O) groups is 1. The maximum absolute atomic E-state index is 11.5. The van der Waals surface area contributed by atoms with Crippen molar-refractivity contribution in [1.82, 2.24) is 15.5 Å². The fourth-order valence-corrected chi connectivity index (χ4v) is 2.45. The summed E-state index contributed by atoms with van der Waals surface area (Å²) in [4.78, 5) is 14.0. The molecule has 0 radical (unpaired) electrons. The number of rotatable bonds is 4. The fraction of sp³-hybridized carbons (Fsp3) is 0.923. The van der Waals surface area contributed by atoms with Crippen LogP contribution in [-0.2, 0) is 4.79 Å². The van der Waals surface area contributed by atoms with Gasteiger partial charge in [-0.1, -0.05) is 0 Å². The second kappa shape index (κ2) is 6.97. The van der Waals surface area contributed by atoms with Gasteiger partial charge in [-0.3, -0.25) is 4.79 Å². The first-order chi connectivity index (χ1) is 8.04. The molecule has 0 aliphatic carbocycles. The number of hydrogen-bond donors (Lipinski definition) is 2. The molecule has 0 aromatic rings. The average Bonchev–Trinajstić information content (AvgIpc) is 2.53. The first-order valence-corrected chi connectivity index (χ1v) is 6.76. The zero-order valence-corrected chi connectivity index (χ0v) is 11.6. The molecule has 1 fully saturated rings. The summed E-state index contributed by atoms with van der Waals surface area (Å²) in [7, 11) is 1.69. The van der Waals surface area contributed by atoms with Crippen LogP contribution in [0.25, 0.3) is 0 Å². The second-order valence-electron chi connectivity index (χ2n) is 5.26. The molecule has 2 atom stereocenters. The Morgan fingerprint density at radius 3 is 2.53 bits per heavy atom. The number of carbonyl (C=O) groups excluding carboxylic acids is 1. The van der Waals surface area contributed by atoms with Gasteiger partial charge in [-0.05, 0) is 53.1 Å². The van der Waals surface area contributed by atoms with Gasteiger partial charge < -0.3 is 15.5 Å². The van der Waals surface area contributed by atoms with Crippen LogP contribution in [0.4, 0.5) is 0 Å². The van der Waals surface area contributed by atoms with Crippen LogP contribution >= 0.6 is 0 Å². The second-order valence-corrected chi connectivity index (χ2v) is 5.26. The molecule has 2 unspecified atom stereocenters. The van der Waals surface area contributed by atoms with Crippen molar-refractivity contribution in [2.45, 2.75) is 58.2 Å². The van der Waals surface area contributed by atoms with E-state index in [-0.39, 0.29) is 11.9 Å². The van der Waals surface area contributed by atoms with Gasteiger partial charge in [0.2, 0.25) is 5.91 Å². The van der Waals surface area contributed by atoms with E-state index in [1.165, 1.54) is 19.4 Å². The van der Waals surface area contributed by atoms with E-state index >= 15 is 0 Å². The minimum absolute atomic E-state index is 0.0787. The topological polar surface area (TPSA) is 44.4 Å². The van der Waals surface area contributed by atoms with E-state index in [1.807, 2.05) is 6.92 Å². The highest BCUT2D eigenvalue weighted by atomic mass is 16.2. The molecule has 2 N–H and O–H groups in total. The molecular formula is C13H27N3O. The molecule has 17 heavy (non-hydrogen) atoms. The summed E-state index contributed by atoms with van der Waals surface area (Å²) in [5.74, 6) is 0.0787. The van der Waals surface area contributed by atoms with Crippen LogP contribution in [0.5, 0.6) is 0 Å². The third kappa shape index (κ3) is 4.64. The molecule has 1 aliphatic heterocycles. The molecular weight excluding hydrogens is 214 g/mol. The van der Waals surface area contributed by atoms with Gasteiger partial charge in [0.05, 0.1) is 6.04 Å². The predicted molar refractivity (Wildman–Crippen MR) is 71.0 cm³/mol. The number of nitrogens with zero attached hydrogens (tertiary/aromatic N) is 1. The molecule has 4 heteroatoms. The quantitative estimate of drug-likeness (QED) is 0.771. The molecule has 1 aliphatic rings. The molecule has 1 saturated heterocycles. The number of hydrogen-bond acceptors (Lipinski definition) is 3. The lowest BCUT2D eigenvalue weighted by molar-refractivity contribution is -0.122. The molecule has 1 heterocycles. The van der Waals surface area contributed by atoms with Crippen LogP contribution < -0.4 is 10.6 Å². The van der Waals surface area contributed by atoms with Crippen molar-refractivity contribution in [3.05, 3.63) is 0 Å². The van der Waals surface area contributed by atoms with E-state index in [9.17, 15) is 4.79 Å². The van der Waals surface area contributed by atoms with Crippen molar-refractivity contribution >= 4 is 5.91 Å². The summed E-state index contributed by atoms with van der Waals surface area (Å²) in [6.45, 7) is 8.76. The standard InChI is InChI=1S/C13H27N3O/c1-10(2)16-8-5-6-12(7-9-16)15-11(3)13(17)14-4/h10-12,15H,5-9H2,1-4H3,(H,14,17). The van der Waals surface area contributed by atoms with Gasteiger partial charge in [0.1, 0.15) is 0 Å². The molecule has 0 spiro atoms. The lowest BCUT2D eigenvalue weighted by Gasteiger charge is -2.25. The molecule has 0 aromatic heterocycles. The van der Waals surface area contributed by atoms with E-state index in [1.54, 1.807) is 7.05 Å². The third-order valence-electron chi connectivity index (χ3n) is 3.62. The van der Waals surface area contributed by atoms with Crippen LogP contribution in [0.2, 0.25) is 0 Å². The summed E-state index contributed by atoms with van der Waals surface area (Å²) >= 11 is 0. The summed E-state index contributed by atoms with van der Waals surface area (Å²) < 4.78 is 0. The SMILES string of the molecule is CNC(=O)C(C)NC1CCCN(C(C)C)CC1. The van der Waals surface area contributed by atoms with Gasteiger partial charge in [0.25, 0.3) is 0 Å². The van der Waals surface area contributed by atoms with Gasteiger partial charge in [-0.2, -0.15) is 0 Å². The highest BCUT2D eigenvalue weighted by Crippen LogP contribution is 2.13. The fourth-order valence-electron chi connectivity index (χ4n) is 2.45. The highest BCUT2D eigenvalue weighted by Gasteiger charge is 2.21. The van der Waals surface area contributed by atoms with Gasteiger partial charge in [0, 0.05) is 19.1 Å². The minimum Gasteiger partial charge on any atom is -0.358 e. The molecule has 4 nitrogen and oxygen atoms in total. The van der Waals surface area contributed by atoms with Crippen molar-refractivity contribution in [1.29, 1.82) is 0 Å². The number of amides is 1. The highest BCUT2D eigenvalue weighted by molar-refractivity contribution is 5.80. The normalized spacial score (nSPS) is 24.4. The summed E-state index contributed by atoms with van der Waals surface area (Å²) in [5, 5.41) is 6.12. The van der Waals surface area contributed by atoms with Crippen LogP contribution in [0.15, 0.2) is 0 Å². The maximum atomic E-state index is 11.5. The molecule has 100 valence electrons. The van der Waals surface area contributed by atoms with Crippen LogP contribution in [0, 0.1) is 0 Å². The zero-order valence-electron chi connectivity index (χ0n) is 11.6. The Balaban J connectivity index is 2.38. The number of nitrogens with one attached hydrogen (secondary N) is 2. The van der Waals surface area contributed by atoms with Crippen molar-refractivity contribution < 1.29 is 4.79 Å². The lowest BCUT2D eigenvalue weighted by Crippen LogP contribution is -2.46. The van der Waals surface area contributed by atoms with E-state index < -0.39 is 0 Å². The Hall–Kier alpha value is -0.610. The molecule has 0 saturated carbocycles. The van der Waals surface area contributed by atoms with Crippen molar-refractivity contribution in [2.75, 3.05) is 20.1 Å². The minimum atomic E-state index is -0.0874. The predicted octanol–water partition coefficient (Wildman–Crippen LogP) is 0.973. The molecule has 1 rings (SSSR count). The smallest absolute Gasteiger partial charge is 0.236 e. The van der Waals surface area contributed by atoms with E-state index in [0.29, 0.717) is 12.1 Å². The van der Waals surface area contributed by atoms with Gasteiger partial charge in [-0.25, -0.2) is 0 Å². The van der Waals surface area contributed by atoms with Gasteiger partial charge >= 0.3 is 0 Å². The lowest BCUT2D eigenvalue weighted by atomic mass is 10.1. The van der Waals surface area contributed by atoms with Crippen molar-refractivity contribution in [3.8, 4) is 0 Å². The third-order valence-corrected chi connectivity index (χ3v) is 3.62. The van der Waals surface area contributed by atoms with Gasteiger partial charge in [0.15, 0.2) is 0 Å². The largest absolute Gasteiger partial charge is 0.358 e. The van der Waals surface area contributed by atoms with Crippen LogP contribution in [-0.4, -0.2) is 49.1 Å². The van der Waals surface area contributed by atoms with Gasteiger partial charge in [-0.15, -0.1) is 0 Å². The molecule has 1 amide bonds. The number of likely N-dealkylation sites (N-methyl/N-ethyl adjacent to an activating group) is 1. The van der Waals surface area contributed by atoms with Crippen LogP contribution in [0.3, 0.4) is 0 Å². The Morgan fingerprint density at radius 1 is 1.24 bits per heavy atom. The summed E-state index contributed by atoms with van der Waals surface area (Å²) in [6.07, 6.45) is 3.53. The monoisotopic (exact) mass is 241 g/mol. The molecule has 0 aromatic carbocycles.